The van der Waals surface area contributed by atoms with Crippen molar-refractivity contribution in [3.63, 3.8) is 0 Å². The first-order valence-electron chi connectivity index (χ1n) is 4.17. The molecule has 68 valence electrons. The van der Waals surface area contributed by atoms with E-state index < -0.39 is 5.60 Å². The van der Waals surface area contributed by atoms with Gasteiger partial charge in [0, 0.05) is 0 Å². The molecule has 4 nitrogen and oxygen atoms in total. The monoisotopic (exact) mass is 172 g/mol. The van der Waals surface area contributed by atoms with Crippen molar-refractivity contribution in [3.05, 3.63) is 0 Å². The lowest BCUT2D eigenvalue weighted by Gasteiger charge is -2.34. The van der Waals surface area contributed by atoms with Crippen molar-refractivity contribution in [1.82, 2.24) is 0 Å². The van der Waals surface area contributed by atoms with E-state index in [1.807, 2.05) is 0 Å². The van der Waals surface area contributed by atoms with Crippen LogP contribution in [0.3, 0.4) is 0 Å². The highest BCUT2D eigenvalue weighted by atomic mass is 16.6. The summed E-state index contributed by atoms with van der Waals surface area (Å²) in [6, 6.07) is 0. The zero-order valence-corrected chi connectivity index (χ0v) is 6.78. The Kier molecular flexibility index (Phi) is 1.81. The Morgan fingerprint density at radius 2 is 2.33 bits per heavy atom. The second-order valence-electron chi connectivity index (χ2n) is 3.45. The molecule has 1 aliphatic heterocycles. The Morgan fingerprint density at radius 1 is 1.58 bits per heavy atom. The number of cyclic esters (lactones) is 1. The minimum atomic E-state index is -0.575. The largest absolute Gasteiger partial charge is 0.461 e. The van der Waals surface area contributed by atoms with Crippen LogP contribution in [0.2, 0.25) is 0 Å². The van der Waals surface area contributed by atoms with Gasteiger partial charge in [-0.3, -0.25) is 0 Å². The van der Waals surface area contributed by atoms with E-state index >= 15 is 0 Å². The van der Waals surface area contributed by atoms with Crippen molar-refractivity contribution in [2.75, 3.05) is 19.8 Å². The molecular weight excluding hydrogens is 160 g/mol. The van der Waals surface area contributed by atoms with Crippen LogP contribution in [0.1, 0.15) is 12.8 Å². The van der Waals surface area contributed by atoms with Crippen molar-refractivity contribution in [3.8, 4) is 0 Å². The molecule has 12 heavy (non-hydrogen) atoms. The minimum Gasteiger partial charge on any atom is -0.461 e. The molecule has 0 amide bonds. The third-order valence-electron chi connectivity index (χ3n) is 2.54. The molecule has 0 radical (unpaired) electrons. The lowest BCUT2D eigenvalue weighted by atomic mass is 9.99. The van der Waals surface area contributed by atoms with Crippen molar-refractivity contribution < 1.29 is 19.4 Å². The molecular formula is C8H12O4. The van der Waals surface area contributed by atoms with Gasteiger partial charge in [-0.25, -0.2) is 4.79 Å². The molecule has 2 rings (SSSR count). The molecule has 0 spiro atoms. The van der Waals surface area contributed by atoms with E-state index in [4.69, 9.17) is 14.6 Å². The summed E-state index contributed by atoms with van der Waals surface area (Å²) < 4.78 is 10.2. The zero-order chi connectivity index (χ0) is 8.60. The standard InChI is InChI=1S/C8H12O4/c9-4-8(6-1-2-6)5-11-7(10)3-12-8/h6,9H,1-5H2. The predicted molar refractivity (Wildman–Crippen MR) is 39.5 cm³/mol. The van der Waals surface area contributed by atoms with Gasteiger partial charge in [-0.15, -0.1) is 0 Å². The molecule has 2 fully saturated rings. The Hall–Kier alpha value is -0.610. The van der Waals surface area contributed by atoms with E-state index in [9.17, 15) is 4.79 Å². The molecule has 1 atom stereocenters. The third kappa shape index (κ3) is 1.21. The molecule has 1 saturated heterocycles. The van der Waals surface area contributed by atoms with E-state index in [1.54, 1.807) is 0 Å². The molecule has 0 bridgehead atoms. The molecule has 1 unspecified atom stereocenters. The quantitative estimate of drug-likeness (QED) is 0.581. The van der Waals surface area contributed by atoms with Gasteiger partial charge in [-0.05, 0) is 18.8 Å². The van der Waals surface area contributed by atoms with Gasteiger partial charge in [-0.2, -0.15) is 0 Å². The number of aliphatic hydroxyl groups excluding tert-OH is 1. The number of carbonyl (C=O) groups excluding carboxylic acids is 1. The van der Waals surface area contributed by atoms with Crippen molar-refractivity contribution >= 4 is 5.97 Å². The third-order valence-corrected chi connectivity index (χ3v) is 2.54. The fourth-order valence-corrected chi connectivity index (χ4v) is 1.55. The van der Waals surface area contributed by atoms with Crippen LogP contribution < -0.4 is 0 Å². The summed E-state index contributed by atoms with van der Waals surface area (Å²) >= 11 is 0. The molecule has 2 aliphatic rings. The highest BCUT2D eigenvalue weighted by Gasteiger charge is 2.49. The Balaban J connectivity index is 2.02. The normalized spacial score (nSPS) is 36.2. The van der Waals surface area contributed by atoms with Crippen LogP contribution in [-0.2, 0) is 14.3 Å². The van der Waals surface area contributed by atoms with Gasteiger partial charge in [0.25, 0.3) is 0 Å². The van der Waals surface area contributed by atoms with Gasteiger partial charge >= 0.3 is 5.97 Å². The number of hydrogen-bond acceptors (Lipinski definition) is 4. The predicted octanol–water partition coefficient (Wildman–Crippen LogP) is -0.299. The van der Waals surface area contributed by atoms with Crippen LogP contribution in [0.15, 0.2) is 0 Å². The molecule has 0 aromatic carbocycles. The summed E-state index contributed by atoms with van der Waals surface area (Å²) in [6.45, 7) is 0.148. The summed E-state index contributed by atoms with van der Waals surface area (Å²) in [5.41, 5.74) is -0.575. The number of esters is 1. The number of carbonyl (C=O) groups is 1. The molecule has 1 saturated carbocycles. The smallest absolute Gasteiger partial charge is 0.332 e. The fraction of sp³-hybridized carbons (Fsp3) is 0.875. The molecule has 4 heteroatoms. The number of rotatable bonds is 2. The first-order valence-corrected chi connectivity index (χ1v) is 4.17. The van der Waals surface area contributed by atoms with Crippen molar-refractivity contribution in [2.24, 2.45) is 5.92 Å². The molecule has 1 heterocycles. The van der Waals surface area contributed by atoms with Crippen molar-refractivity contribution in [1.29, 1.82) is 0 Å². The van der Waals surface area contributed by atoms with Gasteiger partial charge in [0.2, 0.25) is 0 Å². The second kappa shape index (κ2) is 2.71. The van der Waals surface area contributed by atoms with E-state index in [0.29, 0.717) is 5.92 Å². The van der Waals surface area contributed by atoms with Crippen LogP contribution >= 0.6 is 0 Å². The van der Waals surface area contributed by atoms with Gasteiger partial charge in [0.1, 0.15) is 18.8 Å². The molecule has 1 N–H and O–H groups in total. The lowest BCUT2D eigenvalue weighted by molar-refractivity contribution is -0.199. The Labute approximate surface area is 70.5 Å². The first kappa shape index (κ1) is 8.01. The topological polar surface area (TPSA) is 55.8 Å². The summed E-state index contributed by atoms with van der Waals surface area (Å²) in [6.07, 6.45) is 2.14. The summed E-state index contributed by atoms with van der Waals surface area (Å²) in [5, 5.41) is 9.12. The fourth-order valence-electron chi connectivity index (χ4n) is 1.55. The SMILES string of the molecule is O=C1COC(CO)(C2CC2)CO1. The van der Waals surface area contributed by atoms with E-state index in [2.05, 4.69) is 0 Å². The van der Waals surface area contributed by atoms with Gasteiger partial charge in [0.15, 0.2) is 0 Å². The van der Waals surface area contributed by atoms with Gasteiger partial charge in [0.05, 0.1) is 6.61 Å². The lowest BCUT2D eigenvalue weighted by Crippen LogP contribution is -2.49. The van der Waals surface area contributed by atoms with Crippen LogP contribution in [0, 0.1) is 5.92 Å². The maximum atomic E-state index is 10.7. The Morgan fingerprint density at radius 3 is 2.75 bits per heavy atom. The van der Waals surface area contributed by atoms with Crippen LogP contribution in [-0.4, -0.2) is 36.5 Å². The van der Waals surface area contributed by atoms with Crippen LogP contribution in [0.5, 0.6) is 0 Å². The number of aliphatic hydroxyl groups is 1. The Bertz CT molecular complexity index is 187. The summed E-state index contributed by atoms with van der Waals surface area (Å²) in [5.74, 6) is 0.0512. The van der Waals surface area contributed by atoms with Crippen LogP contribution in [0.25, 0.3) is 0 Å². The van der Waals surface area contributed by atoms with E-state index in [0.717, 1.165) is 12.8 Å². The average molecular weight is 172 g/mol. The van der Waals surface area contributed by atoms with E-state index in [-0.39, 0.29) is 25.8 Å². The van der Waals surface area contributed by atoms with Gasteiger partial charge < -0.3 is 14.6 Å². The van der Waals surface area contributed by atoms with E-state index in [1.165, 1.54) is 0 Å². The first-order chi connectivity index (χ1) is 5.77. The maximum absolute atomic E-state index is 10.7. The molecule has 0 aromatic heterocycles. The second-order valence-corrected chi connectivity index (χ2v) is 3.45. The summed E-state index contributed by atoms with van der Waals surface area (Å²) in [4.78, 5) is 10.7. The minimum absolute atomic E-state index is 0.0168. The molecule has 1 aliphatic carbocycles. The average Bonchev–Trinajstić information content (AvgIpc) is 2.90. The maximum Gasteiger partial charge on any atom is 0.332 e. The van der Waals surface area contributed by atoms with Gasteiger partial charge in [-0.1, -0.05) is 0 Å². The molecule has 0 aromatic rings. The zero-order valence-electron chi connectivity index (χ0n) is 6.78. The number of ether oxygens (including phenoxy) is 2. The van der Waals surface area contributed by atoms with Crippen molar-refractivity contribution in [2.45, 2.75) is 18.4 Å². The summed E-state index contributed by atoms with van der Waals surface area (Å²) in [7, 11) is 0. The highest BCUT2D eigenvalue weighted by Crippen LogP contribution is 2.42. The highest BCUT2D eigenvalue weighted by molar-refractivity contribution is 5.71. The number of hydrogen-bond donors (Lipinski definition) is 1. The van der Waals surface area contributed by atoms with Crippen LogP contribution in [0.4, 0.5) is 0 Å².